The molecule has 1 atom stereocenters. The van der Waals surface area contributed by atoms with E-state index in [-0.39, 0.29) is 11.7 Å². The van der Waals surface area contributed by atoms with Crippen molar-refractivity contribution in [3.8, 4) is 28.4 Å². The van der Waals surface area contributed by atoms with Gasteiger partial charge in [-0.05, 0) is 49.3 Å². The second kappa shape index (κ2) is 9.66. The average molecular weight is 533 g/mol. The zero-order chi connectivity index (χ0) is 26.4. The molecular formula is C25H27F3N6O2S. The fourth-order valence-electron chi connectivity index (χ4n) is 4.43. The number of nitrogens with one attached hydrogen (secondary N) is 1. The Hall–Kier alpha value is -3.09. The van der Waals surface area contributed by atoms with Crippen molar-refractivity contribution in [3.63, 3.8) is 0 Å². The lowest BCUT2D eigenvalue weighted by atomic mass is 9.94. The molecule has 3 aromatic rings. The van der Waals surface area contributed by atoms with Crippen LogP contribution in [0.15, 0.2) is 43.0 Å². The van der Waals surface area contributed by atoms with E-state index in [4.69, 9.17) is 4.74 Å². The highest BCUT2D eigenvalue weighted by molar-refractivity contribution is 7.99. The summed E-state index contributed by atoms with van der Waals surface area (Å²) in [6.45, 7) is 2.47. The first kappa shape index (κ1) is 25.6. The molecule has 0 amide bonds. The third-order valence-corrected chi connectivity index (χ3v) is 7.33. The van der Waals surface area contributed by atoms with Crippen molar-refractivity contribution in [2.24, 2.45) is 0 Å². The molecule has 3 heterocycles. The molecule has 1 aliphatic carbocycles. The van der Waals surface area contributed by atoms with Crippen molar-refractivity contribution < 1.29 is 23.0 Å². The van der Waals surface area contributed by atoms with Crippen LogP contribution in [0.25, 0.3) is 22.5 Å². The number of hydrogen-bond acceptors (Lipinski definition) is 8. The number of aryl methyl sites for hydroxylation is 1. The lowest BCUT2D eigenvalue weighted by Crippen LogP contribution is -2.43. The maximum absolute atomic E-state index is 13.5. The molecule has 0 saturated heterocycles. The highest BCUT2D eigenvalue weighted by atomic mass is 32.2. The maximum Gasteiger partial charge on any atom is 0.434 e. The van der Waals surface area contributed by atoms with E-state index in [1.807, 2.05) is 12.1 Å². The van der Waals surface area contributed by atoms with Crippen LogP contribution in [0.2, 0.25) is 0 Å². The molecule has 196 valence electrons. The molecule has 1 aliphatic heterocycles. The van der Waals surface area contributed by atoms with Crippen molar-refractivity contribution in [2.75, 3.05) is 13.4 Å². The van der Waals surface area contributed by atoms with Gasteiger partial charge in [0.2, 0.25) is 10.9 Å². The maximum atomic E-state index is 13.5. The highest BCUT2D eigenvalue weighted by Gasteiger charge is 2.36. The van der Waals surface area contributed by atoms with Gasteiger partial charge in [-0.15, -0.1) is 11.8 Å². The van der Waals surface area contributed by atoms with Crippen molar-refractivity contribution in [2.45, 2.75) is 50.0 Å². The van der Waals surface area contributed by atoms with Gasteiger partial charge in [-0.1, -0.05) is 12.1 Å². The second-order valence-electron chi connectivity index (χ2n) is 8.98. The Labute approximate surface area is 216 Å². The van der Waals surface area contributed by atoms with E-state index >= 15 is 0 Å². The van der Waals surface area contributed by atoms with Gasteiger partial charge >= 0.3 is 6.18 Å². The molecule has 12 heteroatoms. The fourth-order valence-corrected chi connectivity index (χ4v) is 4.83. The third-order valence-electron chi connectivity index (χ3n) is 6.48. The SMILES string of the molecule is CCn1cc(C(F)(F)F)nc1-c1ccc(CN2C=CC(O)(SC)N2)c(-c2c(OC)ncnc2C2CC2)c1. The number of hydrogen-bond donors (Lipinski definition) is 2. The van der Waals surface area contributed by atoms with Crippen LogP contribution in [0.3, 0.4) is 0 Å². The van der Waals surface area contributed by atoms with Crippen LogP contribution >= 0.6 is 11.8 Å². The van der Waals surface area contributed by atoms with Crippen LogP contribution < -0.4 is 10.2 Å². The molecular weight excluding hydrogens is 505 g/mol. The van der Waals surface area contributed by atoms with Crippen LogP contribution in [0.4, 0.5) is 13.2 Å². The number of aliphatic hydroxyl groups is 1. The number of nitrogens with zero attached hydrogens (tertiary/aromatic N) is 5. The molecule has 5 rings (SSSR count). The number of hydrazine groups is 1. The van der Waals surface area contributed by atoms with E-state index in [1.54, 1.807) is 36.5 Å². The Morgan fingerprint density at radius 3 is 2.68 bits per heavy atom. The van der Waals surface area contributed by atoms with Gasteiger partial charge < -0.3 is 19.4 Å². The van der Waals surface area contributed by atoms with Gasteiger partial charge in [0, 0.05) is 30.4 Å². The predicted octanol–water partition coefficient (Wildman–Crippen LogP) is 4.77. The van der Waals surface area contributed by atoms with Crippen molar-refractivity contribution in [1.29, 1.82) is 0 Å². The summed E-state index contributed by atoms with van der Waals surface area (Å²) in [4.78, 5) is 12.8. The number of ether oxygens (including phenoxy) is 1. The highest BCUT2D eigenvalue weighted by Crippen LogP contribution is 2.47. The number of halogens is 3. The molecule has 1 saturated carbocycles. The molecule has 0 spiro atoms. The van der Waals surface area contributed by atoms with E-state index in [0.29, 0.717) is 24.5 Å². The number of rotatable bonds is 8. The first-order chi connectivity index (χ1) is 17.7. The molecule has 2 aliphatic rings. The van der Waals surface area contributed by atoms with Crippen LogP contribution in [0.5, 0.6) is 5.88 Å². The molecule has 0 bridgehead atoms. The summed E-state index contributed by atoms with van der Waals surface area (Å²) in [7, 11) is 1.54. The summed E-state index contributed by atoms with van der Waals surface area (Å²) in [5.74, 6) is 0.891. The summed E-state index contributed by atoms with van der Waals surface area (Å²) in [6, 6.07) is 5.46. The van der Waals surface area contributed by atoms with Gasteiger partial charge in [0.05, 0.1) is 24.9 Å². The van der Waals surface area contributed by atoms with E-state index in [2.05, 4.69) is 20.4 Å². The number of aromatic nitrogens is 4. The topological polar surface area (TPSA) is 88.3 Å². The zero-order valence-electron chi connectivity index (χ0n) is 20.6. The molecule has 37 heavy (non-hydrogen) atoms. The number of benzene rings is 1. The number of thioether (sulfide) groups is 1. The summed E-state index contributed by atoms with van der Waals surface area (Å²) in [6.07, 6.45) is 5.16. The summed E-state index contributed by atoms with van der Waals surface area (Å²) >= 11 is 1.25. The smallest absolute Gasteiger partial charge is 0.434 e. The van der Waals surface area contributed by atoms with E-state index < -0.39 is 16.9 Å². The van der Waals surface area contributed by atoms with Gasteiger partial charge in [0.1, 0.15) is 12.2 Å². The third kappa shape index (κ3) is 5.05. The van der Waals surface area contributed by atoms with Gasteiger partial charge in [-0.3, -0.25) is 0 Å². The standard InChI is InChI=1S/C25H27F3N6O2S/c1-4-33-13-19(25(26,27)28)31-22(33)16-7-8-17(12-34-10-9-24(35,32-34)37-3)18(11-16)20-21(15-5-6-15)29-14-30-23(20)36-2/h7-11,13-15,32,35H,4-6,12H2,1-3H3. The molecule has 1 fully saturated rings. The number of alkyl halides is 3. The second-order valence-corrected chi connectivity index (χ2v) is 10.0. The molecule has 1 unspecified atom stereocenters. The first-order valence-corrected chi connectivity index (χ1v) is 13.1. The minimum Gasteiger partial charge on any atom is -0.480 e. The van der Waals surface area contributed by atoms with Crippen molar-refractivity contribution in [1.82, 2.24) is 30.0 Å². The lowest BCUT2D eigenvalue weighted by Gasteiger charge is -2.26. The number of imidazole rings is 1. The van der Waals surface area contributed by atoms with Gasteiger partial charge in [-0.25, -0.2) is 15.0 Å². The Kier molecular flexibility index (Phi) is 6.67. The predicted molar refractivity (Wildman–Crippen MR) is 134 cm³/mol. The van der Waals surface area contributed by atoms with E-state index in [1.165, 1.54) is 29.8 Å². The minimum absolute atomic E-state index is 0.224. The molecule has 1 aromatic carbocycles. The Morgan fingerprint density at radius 2 is 2.05 bits per heavy atom. The molecule has 8 nitrogen and oxygen atoms in total. The summed E-state index contributed by atoms with van der Waals surface area (Å²) in [5.41, 5.74) is 5.82. The Bertz CT molecular complexity index is 1340. The Morgan fingerprint density at radius 1 is 1.27 bits per heavy atom. The van der Waals surface area contributed by atoms with Crippen molar-refractivity contribution >= 4 is 11.8 Å². The van der Waals surface area contributed by atoms with Gasteiger partial charge in [0.15, 0.2) is 5.69 Å². The van der Waals surface area contributed by atoms with Crippen LogP contribution in [-0.4, -0.2) is 48.1 Å². The van der Waals surface area contributed by atoms with Crippen LogP contribution in [-0.2, 0) is 19.3 Å². The lowest BCUT2D eigenvalue weighted by molar-refractivity contribution is -0.140. The number of methoxy groups -OCH3 is 1. The summed E-state index contributed by atoms with van der Waals surface area (Å²) in [5, 5.41) is 11.1. The largest absolute Gasteiger partial charge is 0.480 e. The van der Waals surface area contributed by atoms with Crippen molar-refractivity contribution in [3.05, 3.63) is 60.0 Å². The fraction of sp³-hybridized carbons (Fsp3) is 0.400. The van der Waals surface area contributed by atoms with Crippen LogP contribution in [0, 0.1) is 0 Å². The quantitative estimate of drug-likeness (QED) is 0.401. The normalized spacial score (nSPS) is 19.6. The van der Waals surface area contributed by atoms with Gasteiger partial charge in [-0.2, -0.15) is 18.6 Å². The van der Waals surface area contributed by atoms with Gasteiger partial charge in [0.25, 0.3) is 0 Å². The van der Waals surface area contributed by atoms with Crippen LogP contribution in [0.1, 0.15) is 42.6 Å². The van der Waals surface area contributed by atoms with E-state index in [0.717, 1.165) is 41.4 Å². The Balaban J connectivity index is 1.65. The average Bonchev–Trinajstić information content (AvgIpc) is 3.52. The zero-order valence-corrected chi connectivity index (χ0v) is 21.4. The molecule has 2 N–H and O–H groups in total. The monoisotopic (exact) mass is 532 g/mol. The summed E-state index contributed by atoms with van der Waals surface area (Å²) < 4.78 is 47.5. The minimum atomic E-state index is -4.55. The first-order valence-electron chi connectivity index (χ1n) is 11.8. The van der Waals surface area contributed by atoms with E-state index in [9.17, 15) is 18.3 Å². The molecule has 2 aromatic heterocycles. The molecule has 0 radical (unpaired) electrons.